The fraction of sp³-hybridized carbons (Fsp3) is 0.524. The van der Waals surface area contributed by atoms with Crippen LogP contribution in [-0.4, -0.2) is 51.8 Å². The molecule has 1 aromatic heterocycles. The summed E-state index contributed by atoms with van der Waals surface area (Å²) >= 11 is 0. The Morgan fingerprint density at radius 3 is 2.53 bits per heavy atom. The van der Waals surface area contributed by atoms with Gasteiger partial charge in [-0.15, -0.1) is 0 Å². The zero-order valence-electron chi connectivity index (χ0n) is 17.8. The second kappa shape index (κ2) is 8.33. The second-order valence-electron chi connectivity index (χ2n) is 8.21. The zero-order chi connectivity index (χ0) is 22.1. The molecule has 30 heavy (non-hydrogen) atoms. The smallest absolute Gasteiger partial charge is 0.410 e. The van der Waals surface area contributed by atoms with Crippen LogP contribution >= 0.6 is 0 Å². The number of nitro groups is 1. The van der Waals surface area contributed by atoms with Crippen molar-refractivity contribution in [3.63, 3.8) is 0 Å². The third-order valence-electron chi connectivity index (χ3n) is 4.98. The third kappa shape index (κ3) is 4.39. The lowest BCUT2D eigenvalue weighted by Gasteiger charge is -2.26. The molecular weight excluding hydrogens is 390 g/mol. The average Bonchev–Trinajstić information content (AvgIpc) is 2.80. The fourth-order valence-corrected chi connectivity index (χ4v) is 3.84. The summed E-state index contributed by atoms with van der Waals surface area (Å²) < 4.78 is 12.3. The SMILES string of the molecule is CCOC(=O)Cn1c2c(c3cccc([N+](=O)[O-])c31)CCN(C(=O)OC(C)(C)C)CC2. The molecule has 1 aromatic carbocycles. The number of esters is 1. The first-order valence-electron chi connectivity index (χ1n) is 10.0. The molecule has 162 valence electrons. The first kappa shape index (κ1) is 21.6. The minimum absolute atomic E-state index is 0.0473. The van der Waals surface area contributed by atoms with Gasteiger partial charge in [0.2, 0.25) is 0 Å². The number of rotatable bonds is 4. The van der Waals surface area contributed by atoms with Gasteiger partial charge >= 0.3 is 12.1 Å². The van der Waals surface area contributed by atoms with Gasteiger partial charge in [0.05, 0.1) is 11.5 Å². The van der Waals surface area contributed by atoms with E-state index in [0.29, 0.717) is 31.4 Å². The molecular formula is C21H27N3O6. The van der Waals surface area contributed by atoms with Crippen LogP contribution in [0.15, 0.2) is 18.2 Å². The molecule has 0 aliphatic carbocycles. The molecule has 0 fully saturated rings. The predicted molar refractivity (Wildman–Crippen MR) is 110 cm³/mol. The molecule has 2 aromatic rings. The Hall–Kier alpha value is -3.10. The van der Waals surface area contributed by atoms with Gasteiger partial charge in [-0.05, 0) is 39.7 Å². The molecule has 0 saturated carbocycles. The van der Waals surface area contributed by atoms with Crippen molar-refractivity contribution in [2.45, 2.75) is 52.7 Å². The van der Waals surface area contributed by atoms with Gasteiger partial charge in [-0.2, -0.15) is 0 Å². The lowest BCUT2D eigenvalue weighted by molar-refractivity contribution is -0.383. The van der Waals surface area contributed by atoms with E-state index >= 15 is 0 Å². The summed E-state index contributed by atoms with van der Waals surface area (Å²) in [6.45, 7) is 8.11. The molecule has 1 aliphatic heterocycles. The molecule has 0 N–H and O–H groups in total. The highest BCUT2D eigenvalue weighted by atomic mass is 16.6. The highest BCUT2D eigenvalue weighted by Gasteiger charge is 2.30. The van der Waals surface area contributed by atoms with Crippen molar-refractivity contribution < 1.29 is 24.0 Å². The third-order valence-corrected chi connectivity index (χ3v) is 4.98. The van der Waals surface area contributed by atoms with E-state index in [0.717, 1.165) is 16.6 Å². The molecule has 0 saturated heterocycles. The number of ether oxygens (including phenoxy) is 2. The summed E-state index contributed by atoms with van der Waals surface area (Å²) in [6.07, 6.45) is 0.585. The number of nitro benzene ring substituents is 1. The summed E-state index contributed by atoms with van der Waals surface area (Å²) in [7, 11) is 0. The van der Waals surface area contributed by atoms with Crippen molar-refractivity contribution in [2.24, 2.45) is 0 Å². The Morgan fingerprint density at radius 1 is 1.20 bits per heavy atom. The van der Waals surface area contributed by atoms with Crippen molar-refractivity contribution in [3.05, 3.63) is 39.6 Å². The Labute approximate surface area is 174 Å². The van der Waals surface area contributed by atoms with Crippen LogP contribution in [-0.2, 0) is 33.7 Å². The summed E-state index contributed by atoms with van der Waals surface area (Å²) in [5.41, 5.74) is 1.52. The number of para-hydroxylation sites is 1. The summed E-state index contributed by atoms with van der Waals surface area (Å²) in [5.74, 6) is -0.455. The van der Waals surface area contributed by atoms with Crippen molar-refractivity contribution in [1.82, 2.24) is 9.47 Å². The van der Waals surface area contributed by atoms with E-state index in [1.54, 1.807) is 22.5 Å². The first-order valence-corrected chi connectivity index (χ1v) is 10.0. The molecule has 0 bridgehead atoms. The first-order chi connectivity index (χ1) is 14.1. The van der Waals surface area contributed by atoms with E-state index in [1.165, 1.54) is 6.07 Å². The number of aromatic nitrogens is 1. The molecule has 1 aliphatic rings. The number of hydrogen-bond acceptors (Lipinski definition) is 6. The van der Waals surface area contributed by atoms with E-state index in [9.17, 15) is 19.7 Å². The van der Waals surface area contributed by atoms with Crippen molar-refractivity contribution >= 4 is 28.7 Å². The number of benzene rings is 1. The number of nitrogens with zero attached hydrogens (tertiary/aromatic N) is 3. The van der Waals surface area contributed by atoms with Crippen molar-refractivity contribution in [3.8, 4) is 0 Å². The Kier molecular flexibility index (Phi) is 6.00. The maximum Gasteiger partial charge on any atom is 0.410 e. The second-order valence-corrected chi connectivity index (χ2v) is 8.21. The highest BCUT2D eigenvalue weighted by Crippen LogP contribution is 2.35. The van der Waals surface area contributed by atoms with E-state index in [1.807, 2.05) is 26.8 Å². The number of hydrogen-bond donors (Lipinski definition) is 0. The summed E-state index contributed by atoms with van der Waals surface area (Å²) in [6, 6.07) is 4.91. The molecule has 1 amide bonds. The molecule has 2 heterocycles. The quantitative estimate of drug-likeness (QED) is 0.429. The van der Waals surface area contributed by atoms with Gasteiger partial charge in [-0.25, -0.2) is 4.79 Å². The van der Waals surface area contributed by atoms with E-state index in [4.69, 9.17) is 9.47 Å². The Bertz CT molecular complexity index is 989. The van der Waals surface area contributed by atoms with Crippen LogP contribution in [0.4, 0.5) is 10.5 Å². The maximum absolute atomic E-state index is 12.5. The van der Waals surface area contributed by atoms with E-state index < -0.39 is 16.5 Å². The Morgan fingerprint density at radius 2 is 1.90 bits per heavy atom. The summed E-state index contributed by atoms with van der Waals surface area (Å²) in [4.78, 5) is 37.6. The van der Waals surface area contributed by atoms with Gasteiger partial charge in [-0.3, -0.25) is 14.9 Å². The zero-order valence-corrected chi connectivity index (χ0v) is 17.8. The van der Waals surface area contributed by atoms with Crippen molar-refractivity contribution in [1.29, 1.82) is 0 Å². The van der Waals surface area contributed by atoms with Crippen LogP contribution in [0.25, 0.3) is 10.9 Å². The highest BCUT2D eigenvalue weighted by molar-refractivity contribution is 5.93. The number of carbonyl (C=O) groups is 2. The Balaban J connectivity index is 2.03. The van der Waals surface area contributed by atoms with Crippen LogP contribution in [0.1, 0.15) is 39.0 Å². The lowest BCUT2D eigenvalue weighted by Crippen LogP contribution is -2.38. The fourth-order valence-electron chi connectivity index (χ4n) is 3.84. The molecule has 0 radical (unpaired) electrons. The number of amides is 1. The molecule has 0 atom stereocenters. The monoisotopic (exact) mass is 417 g/mol. The topological polar surface area (TPSA) is 104 Å². The van der Waals surface area contributed by atoms with Crippen LogP contribution < -0.4 is 0 Å². The largest absolute Gasteiger partial charge is 0.465 e. The standard InChI is InChI=1S/C21H27N3O6/c1-5-29-18(25)13-23-16-10-12-22(20(26)30-21(2,3)4)11-9-14(16)15-7-6-8-17(19(15)23)24(27)28/h6-8H,5,9-13H2,1-4H3. The normalized spacial score (nSPS) is 14.2. The van der Waals surface area contributed by atoms with Gasteiger partial charge in [-0.1, -0.05) is 12.1 Å². The van der Waals surface area contributed by atoms with Gasteiger partial charge in [0.25, 0.3) is 5.69 Å². The van der Waals surface area contributed by atoms with Crippen LogP contribution in [0.5, 0.6) is 0 Å². The molecule has 0 spiro atoms. The average molecular weight is 417 g/mol. The minimum atomic E-state index is -0.595. The molecule has 9 heteroatoms. The molecule has 0 unspecified atom stereocenters. The van der Waals surface area contributed by atoms with Gasteiger partial charge in [0.15, 0.2) is 0 Å². The van der Waals surface area contributed by atoms with Crippen LogP contribution in [0.3, 0.4) is 0 Å². The number of fused-ring (bicyclic) bond motifs is 3. The minimum Gasteiger partial charge on any atom is -0.465 e. The van der Waals surface area contributed by atoms with Gasteiger partial charge < -0.3 is 18.9 Å². The predicted octanol–water partition coefficient (Wildman–Crippen LogP) is 3.45. The van der Waals surface area contributed by atoms with E-state index in [2.05, 4.69) is 0 Å². The number of carbonyl (C=O) groups excluding carboxylic acids is 2. The van der Waals surface area contributed by atoms with Gasteiger partial charge in [0, 0.05) is 36.7 Å². The summed E-state index contributed by atoms with van der Waals surface area (Å²) in [5, 5.41) is 12.4. The van der Waals surface area contributed by atoms with E-state index in [-0.39, 0.29) is 24.9 Å². The lowest BCUT2D eigenvalue weighted by atomic mass is 10.1. The number of non-ortho nitro benzene ring substituents is 1. The van der Waals surface area contributed by atoms with Crippen molar-refractivity contribution in [2.75, 3.05) is 19.7 Å². The maximum atomic E-state index is 12.5. The van der Waals surface area contributed by atoms with Gasteiger partial charge in [0.1, 0.15) is 17.7 Å². The van der Waals surface area contributed by atoms with Crippen LogP contribution in [0.2, 0.25) is 0 Å². The molecule has 3 rings (SSSR count). The molecule has 9 nitrogen and oxygen atoms in total. The van der Waals surface area contributed by atoms with Crippen LogP contribution in [0, 0.1) is 10.1 Å².